The Labute approximate surface area is 188 Å². The van der Waals surface area contributed by atoms with E-state index in [1.165, 1.54) is 12.1 Å². The molecule has 0 aromatic heterocycles. The lowest BCUT2D eigenvalue weighted by atomic mass is 9.88. The largest absolute Gasteiger partial charge is 0.463 e. The minimum Gasteiger partial charge on any atom is -0.463 e. The number of hydrogen-bond acceptors (Lipinski definition) is 3. The van der Waals surface area contributed by atoms with E-state index in [0.717, 1.165) is 22.3 Å². The van der Waals surface area contributed by atoms with Crippen molar-refractivity contribution in [2.24, 2.45) is 0 Å². The molecule has 0 radical (unpaired) electrons. The van der Waals surface area contributed by atoms with Gasteiger partial charge in [-0.2, -0.15) is 0 Å². The smallest absolute Gasteiger partial charge is 0.336 e. The Kier molecular flexibility index (Phi) is 6.50. The van der Waals surface area contributed by atoms with Gasteiger partial charge in [0.25, 0.3) is 0 Å². The predicted octanol–water partition coefficient (Wildman–Crippen LogP) is 6.37. The Morgan fingerprint density at radius 3 is 2.03 bits per heavy atom. The van der Waals surface area contributed by atoms with Crippen molar-refractivity contribution in [3.8, 4) is 0 Å². The Morgan fingerprint density at radius 2 is 1.50 bits per heavy atom. The highest BCUT2D eigenvalue weighted by Crippen LogP contribution is 2.42. The van der Waals surface area contributed by atoms with Gasteiger partial charge in [0, 0.05) is 6.20 Å². The minimum absolute atomic E-state index is 0.152. The number of rotatable bonds is 6. The molecule has 3 nitrogen and oxygen atoms in total. The summed E-state index contributed by atoms with van der Waals surface area (Å²) in [5, 5.41) is 0. The third kappa shape index (κ3) is 4.50. The van der Waals surface area contributed by atoms with E-state index in [2.05, 4.69) is 35.4 Å². The van der Waals surface area contributed by atoms with Gasteiger partial charge in [-0.05, 0) is 54.3 Å². The average molecular weight is 428 g/mol. The first kappa shape index (κ1) is 21.6. The van der Waals surface area contributed by atoms with Crippen LogP contribution in [0.1, 0.15) is 42.6 Å². The second-order valence-corrected chi connectivity index (χ2v) is 7.82. The number of esters is 1. The van der Waals surface area contributed by atoms with Gasteiger partial charge in [-0.15, -0.1) is 0 Å². The number of nitrogens with zero attached hydrogens (tertiary/aromatic N) is 1. The molecule has 0 amide bonds. The standard InChI is InChI=1S/C28H26FNO2/c1-3-32-28(31)25-18-20(2)19-30(27(25)23-14-16-24(29)17-15-23)26(21-10-6-4-7-11-21)22-12-8-5-9-13-22/h4-19,26-27H,3H2,1-2H3/t27-/m1/s1. The number of carbonyl (C=O) groups is 1. The lowest BCUT2D eigenvalue weighted by molar-refractivity contribution is -0.139. The summed E-state index contributed by atoms with van der Waals surface area (Å²) in [5.74, 6) is -0.675. The molecular formula is C28H26FNO2. The highest BCUT2D eigenvalue weighted by atomic mass is 19.1. The summed E-state index contributed by atoms with van der Waals surface area (Å²) in [6.45, 7) is 4.06. The Balaban J connectivity index is 1.90. The van der Waals surface area contributed by atoms with Gasteiger partial charge < -0.3 is 9.64 Å². The third-order valence-corrected chi connectivity index (χ3v) is 5.55. The number of ether oxygens (including phenoxy) is 1. The predicted molar refractivity (Wildman–Crippen MR) is 124 cm³/mol. The summed E-state index contributed by atoms with van der Waals surface area (Å²) in [7, 11) is 0. The van der Waals surface area contributed by atoms with Crippen molar-refractivity contribution in [2.45, 2.75) is 25.9 Å². The molecule has 1 aliphatic heterocycles. The molecule has 0 bridgehead atoms. The lowest BCUT2D eigenvalue weighted by Crippen LogP contribution is -2.35. The van der Waals surface area contributed by atoms with Crippen LogP contribution in [0.15, 0.2) is 108 Å². The van der Waals surface area contributed by atoms with Crippen LogP contribution in [0, 0.1) is 5.82 Å². The zero-order valence-electron chi connectivity index (χ0n) is 18.2. The highest BCUT2D eigenvalue weighted by molar-refractivity contribution is 5.91. The van der Waals surface area contributed by atoms with Crippen molar-refractivity contribution in [2.75, 3.05) is 6.61 Å². The molecule has 0 fully saturated rings. The summed E-state index contributed by atoms with van der Waals surface area (Å²) in [6.07, 6.45) is 3.94. The molecule has 0 spiro atoms. The van der Waals surface area contributed by atoms with Gasteiger partial charge in [-0.1, -0.05) is 72.8 Å². The van der Waals surface area contributed by atoms with E-state index in [4.69, 9.17) is 4.74 Å². The molecule has 0 N–H and O–H groups in total. The van der Waals surface area contributed by atoms with Gasteiger partial charge in [0.2, 0.25) is 0 Å². The van der Waals surface area contributed by atoms with Crippen LogP contribution in [0.5, 0.6) is 0 Å². The Hall–Kier alpha value is -3.66. The van der Waals surface area contributed by atoms with Crippen molar-refractivity contribution in [1.29, 1.82) is 0 Å². The molecule has 1 heterocycles. The normalized spacial score (nSPS) is 15.9. The van der Waals surface area contributed by atoms with E-state index >= 15 is 0 Å². The van der Waals surface area contributed by atoms with Gasteiger partial charge in [-0.25, -0.2) is 9.18 Å². The lowest BCUT2D eigenvalue weighted by Gasteiger charge is -2.41. The third-order valence-electron chi connectivity index (χ3n) is 5.55. The molecule has 162 valence electrons. The van der Waals surface area contributed by atoms with Gasteiger partial charge in [-0.3, -0.25) is 0 Å². The molecule has 4 rings (SSSR count). The fraction of sp³-hybridized carbons (Fsp3) is 0.179. The summed E-state index contributed by atoms with van der Waals surface area (Å²) >= 11 is 0. The molecule has 4 heteroatoms. The van der Waals surface area contributed by atoms with E-state index in [9.17, 15) is 9.18 Å². The van der Waals surface area contributed by atoms with Crippen LogP contribution in [0.25, 0.3) is 0 Å². The first-order chi connectivity index (χ1) is 15.6. The fourth-order valence-electron chi connectivity index (χ4n) is 4.24. The molecule has 0 unspecified atom stereocenters. The van der Waals surface area contributed by atoms with Crippen LogP contribution >= 0.6 is 0 Å². The number of allylic oxidation sites excluding steroid dienone is 2. The molecule has 1 aliphatic rings. The van der Waals surface area contributed by atoms with Gasteiger partial charge in [0.15, 0.2) is 0 Å². The monoisotopic (exact) mass is 427 g/mol. The van der Waals surface area contributed by atoms with Crippen LogP contribution in [0.3, 0.4) is 0 Å². The fourth-order valence-corrected chi connectivity index (χ4v) is 4.24. The van der Waals surface area contributed by atoms with Crippen LogP contribution < -0.4 is 0 Å². The molecule has 0 aliphatic carbocycles. The first-order valence-corrected chi connectivity index (χ1v) is 10.8. The SMILES string of the molecule is CCOC(=O)C1=CC(C)=CN(C(c2ccccc2)c2ccccc2)[C@@H]1c1ccc(F)cc1. The summed E-state index contributed by atoms with van der Waals surface area (Å²) in [4.78, 5) is 15.2. The van der Waals surface area contributed by atoms with Crippen LogP contribution in [0.4, 0.5) is 4.39 Å². The van der Waals surface area contributed by atoms with Crippen molar-refractivity contribution in [3.05, 3.63) is 131 Å². The van der Waals surface area contributed by atoms with Gasteiger partial charge >= 0.3 is 5.97 Å². The molecule has 1 atom stereocenters. The maximum Gasteiger partial charge on any atom is 0.336 e. The second-order valence-electron chi connectivity index (χ2n) is 7.82. The van der Waals surface area contributed by atoms with Crippen molar-refractivity contribution >= 4 is 5.97 Å². The maximum absolute atomic E-state index is 13.7. The van der Waals surface area contributed by atoms with Crippen molar-refractivity contribution in [1.82, 2.24) is 4.90 Å². The Bertz CT molecular complexity index is 1080. The zero-order valence-corrected chi connectivity index (χ0v) is 18.2. The molecule has 0 saturated heterocycles. The summed E-state index contributed by atoms with van der Waals surface area (Å²) in [5.41, 5.74) is 4.50. The average Bonchev–Trinajstić information content (AvgIpc) is 2.81. The van der Waals surface area contributed by atoms with E-state index in [-0.39, 0.29) is 24.4 Å². The molecule has 32 heavy (non-hydrogen) atoms. The minimum atomic E-state index is -0.427. The quantitative estimate of drug-likeness (QED) is 0.428. The molecule has 0 saturated carbocycles. The second kappa shape index (κ2) is 9.65. The van der Waals surface area contributed by atoms with Crippen molar-refractivity contribution in [3.63, 3.8) is 0 Å². The molecular weight excluding hydrogens is 401 g/mol. The molecule has 3 aromatic carbocycles. The highest BCUT2D eigenvalue weighted by Gasteiger charge is 2.35. The van der Waals surface area contributed by atoms with Crippen LogP contribution in [-0.4, -0.2) is 17.5 Å². The number of carbonyl (C=O) groups excluding carboxylic acids is 1. The van der Waals surface area contributed by atoms with E-state index in [0.29, 0.717) is 5.57 Å². The van der Waals surface area contributed by atoms with Gasteiger partial charge in [0.05, 0.1) is 24.3 Å². The van der Waals surface area contributed by atoms with E-state index in [1.807, 2.05) is 49.4 Å². The Morgan fingerprint density at radius 1 is 0.938 bits per heavy atom. The summed E-state index contributed by atoms with van der Waals surface area (Å²) < 4.78 is 19.2. The number of halogens is 1. The van der Waals surface area contributed by atoms with Gasteiger partial charge in [0.1, 0.15) is 5.82 Å². The number of benzene rings is 3. The van der Waals surface area contributed by atoms with E-state index in [1.54, 1.807) is 19.1 Å². The topological polar surface area (TPSA) is 29.5 Å². The maximum atomic E-state index is 13.7. The van der Waals surface area contributed by atoms with Crippen molar-refractivity contribution < 1.29 is 13.9 Å². The zero-order chi connectivity index (χ0) is 22.5. The molecule has 3 aromatic rings. The summed E-state index contributed by atoms with van der Waals surface area (Å²) in [6, 6.07) is 26.2. The van der Waals surface area contributed by atoms with Crippen LogP contribution in [0.2, 0.25) is 0 Å². The number of hydrogen-bond donors (Lipinski definition) is 0. The first-order valence-electron chi connectivity index (χ1n) is 10.8. The van der Waals surface area contributed by atoms with Crippen LogP contribution in [-0.2, 0) is 9.53 Å². The van der Waals surface area contributed by atoms with E-state index < -0.39 is 6.04 Å².